The second-order valence-electron chi connectivity index (χ2n) is 10.5. The van der Waals surface area contributed by atoms with E-state index in [1.54, 1.807) is 6.33 Å². The average Bonchev–Trinajstić information content (AvgIpc) is 2.78. The van der Waals surface area contributed by atoms with Gasteiger partial charge in [-0.2, -0.15) is 0 Å². The Labute approximate surface area is 223 Å². The van der Waals surface area contributed by atoms with E-state index in [9.17, 15) is 0 Å². The zero-order valence-corrected chi connectivity index (χ0v) is 23.5. The number of aliphatic imine (C=N–C) groups is 1. The smallest absolute Gasteiger partial charge is 0.679 e. The number of para-hydroxylation sites is 2. The van der Waals surface area contributed by atoms with E-state index in [2.05, 4.69) is 87.9 Å². The monoisotopic (exact) mass is 643 g/mol. The van der Waals surface area contributed by atoms with Gasteiger partial charge in [-0.05, 0) is 22.7 Å². The minimum absolute atomic E-state index is 0. The molecule has 0 bridgehead atoms. The second kappa shape index (κ2) is 10.8. The summed E-state index contributed by atoms with van der Waals surface area (Å²) in [6.45, 7) is 13.5. The summed E-state index contributed by atoms with van der Waals surface area (Å²) < 4.78 is 0. The Morgan fingerprint density at radius 1 is 0.857 bits per heavy atom. The molecule has 0 saturated carbocycles. The first-order valence-electron chi connectivity index (χ1n) is 11.7. The fraction of sp³-hybridized carbons (Fsp3) is 0.300. The van der Waals surface area contributed by atoms with Crippen LogP contribution in [-0.2, 0) is 27.6 Å². The predicted octanol–water partition coefficient (Wildman–Crippen LogP) is 7.93. The van der Waals surface area contributed by atoms with Gasteiger partial charge in [-0.15, -0.1) is 46.6 Å². The van der Waals surface area contributed by atoms with Crippen LogP contribution in [0.3, 0.4) is 0 Å². The number of nitrogens with zero attached hydrogens (tertiary/aromatic N) is 4. The Morgan fingerprint density at radius 2 is 1.57 bits per heavy atom. The van der Waals surface area contributed by atoms with Gasteiger partial charge in [0, 0.05) is 17.7 Å². The molecule has 4 aromatic rings. The van der Waals surface area contributed by atoms with Crippen molar-refractivity contribution in [1.29, 1.82) is 0 Å². The molecular weight excluding hydrogens is 611 g/mol. The molecule has 0 aliphatic rings. The van der Waals surface area contributed by atoms with Gasteiger partial charge in [-0.3, -0.25) is 9.98 Å². The Bertz CT molecular complexity index is 1320. The van der Waals surface area contributed by atoms with Crippen molar-refractivity contribution in [2.75, 3.05) is 0 Å². The molecule has 0 atom stereocenters. The Morgan fingerprint density at radius 3 is 2.31 bits per heavy atom. The van der Waals surface area contributed by atoms with Gasteiger partial charge in [0.15, 0.2) is 0 Å². The summed E-state index contributed by atoms with van der Waals surface area (Å²) in [5, 5.41) is 5.98. The van der Waals surface area contributed by atoms with Gasteiger partial charge < -0.3 is 5.32 Å². The fourth-order valence-corrected chi connectivity index (χ4v) is 3.99. The Hall–Kier alpha value is -2.84. The van der Waals surface area contributed by atoms with E-state index in [0.717, 1.165) is 44.7 Å². The van der Waals surface area contributed by atoms with Gasteiger partial charge in [-0.1, -0.05) is 84.0 Å². The SMILES string of the molecule is CC(C)(C)[N-]c1ccccc1C(=NCc1[c-]c(-c2ncnc3ccccc23)ccc1)C(C)(C)C.[Pt+2]. The fourth-order valence-electron chi connectivity index (χ4n) is 3.99. The number of hydrogen-bond donors (Lipinski definition) is 0. The van der Waals surface area contributed by atoms with Crippen LogP contribution in [0.2, 0.25) is 0 Å². The number of fused-ring (bicyclic) bond motifs is 1. The quantitative estimate of drug-likeness (QED) is 0.164. The summed E-state index contributed by atoms with van der Waals surface area (Å²) in [6.07, 6.45) is 1.61. The first-order chi connectivity index (χ1) is 16.1. The van der Waals surface area contributed by atoms with Gasteiger partial charge in [0.25, 0.3) is 0 Å². The molecular formula is C30H32N4Pt. The molecule has 0 spiro atoms. The van der Waals surface area contributed by atoms with Crippen molar-refractivity contribution >= 4 is 22.3 Å². The topological polar surface area (TPSA) is 52.2 Å². The van der Waals surface area contributed by atoms with E-state index in [0.29, 0.717) is 6.54 Å². The van der Waals surface area contributed by atoms with Crippen LogP contribution in [0.1, 0.15) is 52.7 Å². The number of hydrogen-bond acceptors (Lipinski definition) is 3. The molecule has 0 aliphatic carbocycles. The first kappa shape index (κ1) is 26.8. The van der Waals surface area contributed by atoms with Crippen LogP contribution >= 0.6 is 0 Å². The van der Waals surface area contributed by atoms with Crippen LogP contribution < -0.4 is 0 Å². The van der Waals surface area contributed by atoms with Gasteiger partial charge in [-0.25, -0.2) is 4.98 Å². The zero-order valence-electron chi connectivity index (χ0n) is 21.2. The molecule has 0 amide bonds. The molecule has 5 heteroatoms. The number of benzene rings is 3. The maximum absolute atomic E-state index is 5.12. The predicted molar refractivity (Wildman–Crippen MR) is 143 cm³/mol. The minimum Gasteiger partial charge on any atom is -0.679 e. The van der Waals surface area contributed by atoms with Crippen LogP contribution in [0.25, 0.3) is 27.5 Å². The van der Waals surface area contributed by atoms with E-state index in [-0.39, 0.29) is 32.0 Å². The second-order valence-corrected chi connectivity index (χ2v) is 10.5. The van der Waals surface area contributed by atoms with E-state index in [1.807, 2.05) is 36.4 Å². The standard InChI is InChI=1S/C30H32N4.Pt/c1-29(2,3)28(24-15-8-10-17-26(24)34-30(4,5)6)31-19-21-12-11-13-22(18-21)27-23-14-7-9-16-25(23)32-20-33-27;/h7-17,20H,19H2,1-6H3;/q-2;+2. The first-order valence-corrected chi connectivity index (χ1v) is 11.7. The van der Waals surface area contributed by atoms with Crippen molar-refractivity contribution in [2.45, 2.75) is 53.6 Å². The van der Waals surface area contributed by atoms with Gasteiger partial charge in [0.1, 0.15) is 6.33 Å². The van der Waals surface area contributed by atoms with Crippen molar-refractivity contribution in [3.05, 3.63) is 95.6 Å². The Kier molecular flexibility index (Phi) is 8.28. The molecule has 0 radical (unpaired) electrons. The summed E-state index contributed by atoms with van der Waals surface area (Å²) in [5.74, 6) is 0. The van der Waals surface area contributed by atoms with Crippen molar-refractivity contribution in [3.8, 4) is 11.3 Å². The van der Waals surface area contributed by atoms with Gasteiger partial charge >= 0.3 is 21.1 Å². The van der Waals surface area contributed by atoms with Crippen molar-refractivity contribution in [3.63, 3.8) is 0 Å². The third kappa shape index (κ3) is 6.64. The summed E-state index contributed by atoms with van der Waals surface area (Å²) in [6, 6.07) is 26.1. The van der Waals surface area contributed by atoms with Crippen LogP contribution in [0.5, 0.6) is 0 Å². The summed E-state index contributed by atoms with van der Waals surface area (Å²) in [7, 11) is 0. The maximum atomic E-state index is 5.12. The van der Waals surface area contributed by atoms with Crippen LogP contribution in [0, 0.1) is 11.5 Å². The molecule has 0 fully saturated rings. The number of aromatic nitrogens is 2. The largest absolute Gasteiger partial charge is 2.00 e. The Balaban J connectivity index is 0.00000342. The normalized spacial score (nSPS) is 12.3. The molecule has 0 saturated heterocycles. The van der Waals surface area contributed by atoms with Crippen molar-refractivity contribution in [1.82, 2.24) is 9.97 Å². The van der Waals surface area contributed by atoms with Gasteiger partial charge in [0.05, 0.1) is 5.52 Å². The van der Waals surface area contributed by atoms with Crippen molar-refractivity contribution in [2.24, 2.45) is 10.4 Å². The molecule has 4 nitrogen and oxygen atoms in total. The molecule has 1 aromatic heterocycles. The van der Waals surface area contributed by atoms with E-state index < -0.39 is 0 Å². The molecule has 4 rings (SSSR count). The molecule has 182 valence electrons. The van der Waals surface area contributed by atoms with Crippen LogP contribution in [0.4, 0.5) is 5.69 Å². The molecule has 3 aromatic carbocycles. The minimum atomic E-state index is -0.165. The van der Waals surface area contributed by atoms with Crippen LogP contribution in [0.15, 0.2) is 78.0 Å². The zero-order chi connectivity index (χ0) is 24.3. The van der Waals surface area contributed by atoms with Crippen molar-refractivity contribution < 1.29 is 21.1 Å². The average molecular weight is 644 g/mol. The van der Waals surface area contributed by atoms with Gasteiger partial charge in [0.2, 0.25) is 0 Å². The van der Waals surface area contributed by atoms with E-state index in [4.69, 9.17) is 10.3 Å². The molecule has 0 aliphatic heterocycles. The molecule has 0 unspecified atom stereocenters. The molecule has 0 N–H and O–H groups in total. The number of rotatable bonds is 5. The van der Waals surface area contributed by atoms with Crippen LogP contribution in [-0.4, -0.2) is 21.2 Å². The summed E-state index contributed by atoms with van der Waals surface area (Å²) in [4.78, 5) is 14.1. The maximum Gasteiger partial charge on any atom is 2.00 e. The third-order valence-corrected chi connectivity index (χ3v) is 5.39. The summed E-state index contributed by atoms with van der Waals surface area (Å²) >= 11 is 0. The third-order valence-electron chi connectivity index (χ3n) is 5.39. The van der Waals surface area contributed by atoms with E-state index in [1.165, 1.54) is 0 Å². The summed E-state index contributed by atoms with van der Waals surface area (Å²) in [5.41, 5.74) is 6.60. The molecule has 1 heterocycles. The van der Waals surface area contributed by atoms with E-state index >= 15 is 0 Å². The molecule has 35 heavy (non-hydrogen) atoms.